The molecule has 0 atom stereocenters. The predicted octanol–water partition coefficient (Wildman–Crippen LogP) is 2.31. The molecule has 0 aromatic heterocycles. The summed E-state index contributed by atoms with van der Waals surface area (Å²) in [6.07, 6.45) is 0.127. The first-order valence-corrected chi connectivity index (χ1v) is 5.09. The van der Waals surface area contributed by atoms with Crippen molar-refractivity contribution in [2.24, 2.45) is 5.73 Å². The topological polar surface area (TPSA) is 64.3 Å². The van der Waals surface area contributed by atoms with E-state index in [9.17, 15) is 13.6 Å². The average Bonchev–Trinajstić information content (AvgIpc) is 2.23. The zero-order chi connectivity index (χ0) is 12.8. The Kier molecular flexibility index (Phi) is 7.23. The molecule has 0 saturated heterocycles. The van der Waals surface area contributed by atoms with E-state index in [1.807, 2.05) is 0 Å². The number of nitrogens with one attached hydrogen (secondary N) is 1. The van der Waals surface area contributed by atoms with Crippen molar-refractivity contribution in [3.63, 3.8) is 0 Å². The van der Waals surface area contributed by atoms with Gasteiger partial charge in [-0.1, -0.05) is 12.1 Å². The van der Waals surface area contributed by atoms with E-state index >= 15 is 0 Å². The van der Waals surface area contributed by atoms with Crippen LogP contribution in [0.15, 0.2) is 18.2 Å². The van der Waals surface area contributed by atoms with Crippen molar-refractivity contribution in [2.45, 2.75) is 20.0 Å². The number of nitrogens with two attached hydrogens (primary N) is 1. The number of alkyl halides is 2. The maximum absolute atomic E-state index is 12.2. The average molecular weight is 281 g/mol. The van der Waals surface area contributed by atoms with Gasteiger partial charge in [0.25, 0.3) is 0 Å². The van der Waals surface area contributed by atoms with Gasteiger partial charge in [0.2, 0.25) is 5.91 Å². The molecule has 0 aliphatic carbocycles. The van der Waals surface area contributed by atoms with Crippen LogP contribution >= 0.6 is 12.4 Å². The van der Waals surface area contributed by atoms with Crippen LogP contribution < -0.4 is 15.8 Å². The third kappa shape index (κ3) is 4.85. The van der Waals surface area contributed by atoms with Crippen molar-refractivity contribution in [1.82, 2.24) is 0 Å². The number of amides is 1. The van der Waals surface area contributed by atoms with Crippen molar-refractivity contribution in [3.05, 3.63) is 23.8 Å². The Hall–Kier alpha value is -1.40. The van der Waals surface area contributed by atoms with E-state index in [1.165, 1.54) is 6.07 Å². The van der Waals surface area contributed by atoms with E-state index in [4.69, 9.17) is 5.73 Å². The summed E-state index contributed by atoms with van der Waals surface area (Å²) in [5, 5.41) is 2.51. The fourth-order valence-corrected chi connectivity index (χ4v) is 1.33. The lowest BCUT2D eigenvalue weighted by Gasteiger charge is -2.13. The zero-order valence-electron chi connectivity index (χ0n) is 9.78. The van der Waals surface area contributed by atoms with Crippen LogP contribution in [0.3, 0.4) is 0 Å². The maximum atomic E-state index is 12.2. The number of anilines is 1. The normalized spacial score (nSPS) is 9.83. The third-order valence-corrected chi connectivity index (χ3v) is 2.09. The fraction of sp³-hybridized carbons (Fsp3) is 0.364. The van der Waals surface area contributed by atoms with Gasteiger partial charge in [-0.15, -0.1) is 12.4 Å². The van der Waals surface area contributed by atoms with Crippen molar-refractivity contribution < 1.29 is 18.3 Å². The summed E-state index contributed by atoms with van der Waals surface area (Å²) in [6, 6.07) is 4.64. The van der Waals surface area contributed by atoms with Crippen molar-refractivity contribution >= 4 is 24.0 Å². The van der Waals surface area contributed by atoms with Gasteiger partial charge in [-0.25, -0.2) is 0 Å². The summed E-state index contributed by atoms with van der Waals surface area (Å²) < 4.78 is 28.7. The predicted molar refractivity (Wildman–Crippen MR) is 67.4 cm³/mol. The number of para-hydroxylation sites is 1. The van der Waals surface area contributed by atoms with Crippen LogP contribution in [0, 0.1) is 6.92 Å². The molecule has 0 aliphatic rings. The van der Waals surface area contributed by atoms with Crippen molar-refractivity contribution in [1.29, 1.82) is 0 Å². The lowest BCUT2D eigenvalue weighted by Crippen LogP contribution is -2.18. The first-order chi connectivity index (χ1) is 8.04. The summed E-state index contributed by atoms with van der Waals surface area (Å²) >= 11 is 0. The highest BCUT2D eigenvalue weighted by Gasteiger charge is 2.13. The van der Waals surface area contributed by atoms with Crippen LogP contribution in [0.25, 0.3) is 0 Å². The molecule has 102 valence electrons. The van der Waals surface area contributed by atoms with Gasteiger partial charge >= 0.3 is 6.61 Å². The second-order valence-electron chi connectivity index (χ2n) is 3.41. The van der Waals surface area contributed by atoms with Crippen molar-refractivity contribution in [3.8, 4) is 5.75 Å². The highest BCUT2D eigenvalue weighted by atomic mass is 35.5. The fourth-order valence-electron chi connectivity index (χ4n) is 1.33. The number of hydrogen-bond donors (Lipinski definition) is 2. The largest absolute Gasteiger partial charge is 0.433 e. The monoisotopic (exact) mass is 280 g/mol. The van der Waals surface area contributed by atoms with Crippen LogP contribution in [-0.2, 0) is 4.79 Å². The van der Waals surface area contributed by atoms with Gasteiger partial charge in [0, 0.05) is 13.0 Å². The molecule has 18 heavy (non-hydrogen) atoms. The van der Waals surface area contributed by atoms with E-state index < -0.39 is 6.61 Å². The smallest absolute Gasteiger partial charge is 0.387 e. The van der Waals surface area contributed by atoms with Gasteiger partial charge in [-0.05, 0) is 18.6 Å². The number of aryl methyl sites for hydroxylation is 1. The van der Waals surface area contributed by atoms with Crippen LogP contribution in [-0.4, -0.2) is 19.1 Å². The summed E-state index contributed by atoms with van der Waals surface area (Å²) in [7, 11) is 0. The Bertz CT molecular complexity index is 403. The third-order valence-electron chi connectivity index (χ3n) is 2.09. The molecule has 0 heterocycles. The number of ether oxygens (including phenoxy) is 1. The molecular weight excluding hydrogens is 266 g/mol. The number of carbonyl (C=O) groups excluding carboxylic acids is 1. The van der Waals surface area contributed by atoms with E-state index in [2.05, 4.69) is 10.1 Å². The number of rotatable bonds is 5. The molecule has 0 radical (unpaired) electrons. The lowest BCUT2D eigenvalue weighted by atomic mass is 10.2. The van der Waals surface area contributed by atoms with Gasteiger partial charge < -0.3 is 15.8 Å². The van der Waals surface area contributed by atoms with E-state index in [1.54, 1.807) is 19.1 Å². The standard InChI is InChI=1S/C11H14F2N2O2.ClH/c1-7-3-2-4-8(17-11(12)13)10(7)15-9(16)5-6-14;/h2-4,11H,5-6,14H2,1H3,(H,15,16);1H. The van der Waals surface area contributed by atoms with E-state index in [0.29, 0.717) is 5.56 Å². The molecule has 7 heteroatoms. The molecule has 1 aromatic rings. The number of carbonyl (C=O) groups is 1. The minimum atomic E-state index is -2.93. The SMILES string of the molecule is Cc1cccc(OC(F)F)c1NC(=O)CCN.Cl. The van der Waals surface area contributed by atoms with Crippen LogP contribution in [0.2, 0.25) is 0 Å². The lowest BCUT2D eigenvalue weighted by molar-refractivity contribution is -0.116. The molecule has 0 unspecified atom stereocenters. The molecule has 0 spiro atoms. The van der Waals surface area contributed by atoms with Crippen LogP contribution in [0.4, 0.5) is 14.5 Å². The molecule has 4 nitrogen and oxygen atoms in total. The van der Waals surface area contributed by atoms with Gasteiger partial charge in [0.15, 0.2) is 0 Å². The highest BCUT2D eigenvalue weighted by molar-refractivity contribution is 5.93. The van der Waals surface area contributed by atoms with Crippen LogP contribution in [0.1, 0.15) is 12.0 Å². The zero-order valence-corrected chi connectivity index (χ0v) is 10.6. The Morgan fingerprint density at radius 2 is 2.17 bits per heavy atom. The molecule has 3 N–H and O–H groups in total. The number of hydrogen-bond acceptors (Lipinski definition) is 3. The molecule has 0 bridgehead atoms. The second kappa shape index (κ2) is 7.84. The number of halogens is 3. The Morgan fingerprint density at radius 3 is 2.72 bits per heavy atom. The molecule has 1 rings (SSSR count). The van der Waals surface area contributed by atoms with Crippen LogP contribution in [0.5, 0.6) is 5.75 Å². The maximum Gasteiger partial charge on any atom is 0.387 e. The Balaban J connectivity index is 0.00000289. The molecule has 1 aromatic carbocycles. The molecule has 1 amide bonds. The van der Waals surface area contributed by atoms with Crippen molar-refractivity contribution in [2.75, 3.05) is 11.9 Å². The van der Waals surface area contributed by atoms with Gasteiger partial charge in [-0.2, -0.15) is 8.78 Å². The van der Waals surface area contributed by atoms with E-state index in [-0.39, 0.29) is 42.7 Å². The first-order valence-electron chi connectivity index (χ1n) is 5.09. The quantitative estimate of drug-likeness (QED) is 0.870. The summed E-state index contributed by atoms with van der Waals surface area (Å²) in [5.41, 5.74) is 6.13. The van der Waals surface area contributed by atoms with Gasteiger partial charge in [-0.3, -0.25) is 4.79 Å². The summed E-state index contributed by atoms with van der Waals surface area (Å²) in [5.74, 6) is -0.383. The Labute approximate surface area is 110 Å². The highest BCUT2D eigenvalue weighted by Crippen LogP contribution is 2.29. The second-order valence-corrected chi connectivity index (χ2v) is 3.41. The summed E-state index contributed by atoms with van der Waals surface area (Å²) in [4.78, 5) is 11.4. The summed E-state index contributed by atoms with van der Waals surface area (Å²) in [6.45, 7) is -1.04. The Morgan fingerprint density at radius 1 is 1.50 bits per heavy atom. The molecule has 0 saturated carbocycles. The van der Waals surface area contributed by atoms with Gasteiger partial charge in [0.05, 0.1) is 5.69 Å². The molecular formula is C11H15ClF2N2O2. The first kappa shape index (κ1) is 16.6. The molecule has 0 fully saturated rings. The minimum absolute atomic E-state index is 0. The number of benzene rings is 1. The minimum Gasteiger partial charge on any atom is -0.433 e. The molecule has 0 aliphatic heterocycles. The van der Waals surface area contributed by atoms with Gasteiger partial charge in [0.1, 0.15) is 5.75 Å². The van der Waals surface area contributed by atoms with E-state index in [0.717, 1.165) is 0 Å².